The summed E-state index contributed by atoms with van der Waals surface area (Å²) in [4.78, 5) is 8.36. The molecule has 0 radical (unpaired) electrons. The Morgan fingerprint density at radius 1 is 1.17 bits per heavy atom. The number of piperazine rings is 1. The van der Waals surface area contributed by atoms with Crippen molar-refractivity contribution < 1.29 is 8.78 Å². The number of aromatic nitrogens is 1. The predicted molar refractivity (Wildman–Crippen MR) is 74.7 cm³/mol. The third-order valence-corrected chi connectivity index (χ3v) is 3.69. The largest absolute Gasteiger partial charge is 0.296 e. The lowest BCUT2D eigenvalue weighted by atomic mass is 10.2. The van der Waals surface area contributed by atoms with Crippen LogP contribution in [0.2, 0.25) is 0 Å². The summed E-state index contributed by atoms with van der Waals surface area (Å²) in [5, 5.41) is 0. The highest BCUT2D eigenvalue weighted by molar-refractivity contribution is 14.1. The molecule has 1 aromatic rings. The molecule has 0 atom stereocenters. The van der Waals surface area contributed by atoms with Crippen LogP contribution in [0.15, 0.2) is 18.3 Å². The van der Waals surface area contributed by atoms with Gasteiger partial charge < -0.3 is 0 Å². The Morgan fingerprint density at radius 2 is 1.83 bits per heavy atom. The van der Waals surface area contributed by atoms with E-state index in [0.717, 1.165) is 36.4 Å². The second-order valence-corrected chi connectivity index (χ2v) is 5.56. The molecule has 2 heterocycles. The zero-order valence-electron chi connectivity index (χ0n) is 10.0. The summed E-state index contributed by atoms with van der Waals surface area (Å²) in [6, 6.07) is 4.06. The van der Waals surface area contributed by atoms with E-state index in [9.17, 15) is 8.78 Å². The quantitative estimate of drug-likeness (QED) is 0.600. The molecule has 6 heteroatoms. The number of rotatable bonds is 4. The van der Waals surface area contributed by atoms with Crippen LogP contribution in [-0.2, 0) is 6.54 Å². The van der Waals surface area contributed by atoms with Gasteiger partial charge in [-0.1, -0.05) is 6.07 Å². The maximum atomic E-state index is 12.2. The van der Waals surface area contributed by atoms with E-state index in [2.05, 4.69) is 38.5 Å². The van der Waals surface area contributed by atoms with Crippen molar-refractivity contribution in [3.05, 3.63) is 27.6 Å². The van der Waals surface area contributed by atoms with E-state index in [1.807, 2.05) is 17.2 Å². The summed E-state index contributed by atoms with van der Waals surface area (Å²) in [5.74, 6) is 0. The molecule has 1 saturated heterocycles. The van der Waals surface area contributed by atoms with Gasteiger partial charge in [0, 0.05) is 38.9 Å². The highest BCUT2D eigenvalue weighted by atomic mass is 127. The van der Waals surface area contributed by atoms with Crippen LogP contribution in [0.4, 0.5) is 8.78 Å². The Kier molecular flexibility index (Phi) is 5.25. The SMILES string of the molecule is FC(F)CN1CCN(Cc2ccc(I)nc2)CC1. The Balaban J connectivity index is 1.78. The molecule has 0 spiro atoms. The lowest BCUT2D eigenvalue weighted by Gasteiger charge is -2.34. The van der Waals surface area contributed by atoms with Crippen molar-refractivity contribution in [1.29, 1.82) is 0 Å². The van der Waals surface area contributed by atoms with Crippen LogP contribution in [0.1, 0.15) is 5.56 Å². The maximum absolute atomic E-state index is 12.2. The number of halogens is 3. The van der Waals surface area contributed by atoms with Crippen LogP contribution in [-0.4, -0.2) is 53.9 Å². The Bertz CT molecular complexity index is 364. The fraction of sp³-hybridized carbons (Fsp3) is 0.583. The molecular formula is C12H16F2IN3. The van der Waals surface area contributed by atoms with Gasteiger partial charge in [0.2, 0.25) is 0 Å². The molecule has 0 unspecified atom stereocenters. The fourth-order valence-corrected chi connectivity index (χ4v) is 2.40. The van der Waals surface area contributed by atoms with Crippen molar-refractivity contribution in [2.75, 3.05) is 32.7 Å². The molecule has 0 saturated carbocycles. The van der Waals surface area contributed by atoms with E-state index in [1.54, 1.807) is 0 Å². The first-order valence-corrected chi connectivity index (χ1v) is 7.04. The molecule has 100 valence electrons. The van der Waals surface area contributed by atoms with Crippen molar-refractivity contribution in [1.82, 2.24) is 14.8 Å². The zero-order valence-corrected chi connectivity index (χ0v) is 12.2. The summed E-state index contributed by atoms with van der Waals surface area (Å²) in [6.07, 6.45) is -0.343. The van der Waals surface area contributed by atoms with E-state index < -0.39 is 6.43 Å². The molecule has 0 N–H and O–H groups in total. The summed E-state index contributed by atoms with van der Waals surface area (Å²) in [6.45, 7) is 3.90. The summed E-state index contributed by atoms with van der Waals surface area (Å²) in [5.41, 5.74) is 1.18. The minimum Gasteiger partial charge on any atom is -0.296 e. The number of pyridine rings is 1. The average molecular weight is 367 g/mol. The smallest absolute Gasteiger partial charge is 0.251 e. The van der Waals surface area contributed by atoms with E-state index in [4.69, 9.17) is 0 Å². The van der Waals surface area contributed by atoms with E-state index in [-0.39, 0.29) is 6.54 Å². The van der Waals surface area contributed by atoms with Crippen molar-refractivity contribution in [2.24, 2.45) is 0 Å². The number of hydrogen-bond donors (Lipinski definition) is 0. The van der Waals surface area contributed by atoms with E-state index >= 15 is 0 Å². The molecule has 0 amide bonds. The standard InChI is InChI=1S/C12H16F2IN3/c13-11(14)9-18-5-3-17(4-6-18)8-10-1-2-12(15)16-7-10/h1-2,7,11H,3-6,8-9H2. The lowest BCUT2D eigenvalue weighted by Crippen LogP contribution is -2.47. The highest BCUT2D eigenvalue weighted by Crippen LogP contribution is 2.10. The third kappa shape index (κ3) is 4.40. The normalized spacial score (nSPS) is 18.4. The minimum absolute atomic E-state index is 0.0983. The van der Waals surface area contributed by atoms with Gasteiger partial charge in [0.1, 0.15) is 3.70 Å². The van der Waals surface area contributed by atoms with Gasteiger partial charge in [-0.3, -0.25) is 14.8 Å². The van der Waals surface area contributed by atoms with Crippen molar-refractivity contribution >= 4 is 22.6 Å². The minimum atomic E-state index is -2.23. The van der Waals surface area contributed by atoms with Gasteiger partial charge in [-0.2, -0.15) is 0 Å². The number of alkyl halides is 2. The molecule has 1 aliphatic rings. The Morgan fingerprint density at radius 3 is 2.39 bits per heavy atom. The van der Waals surface area contributed by atoms with Gasteiger partial charge in [0.25, 0.3) is 6.43 Å². The zero-order chi connectivity index (χ0) is 13.0. The second-order valence-electron chi connectivity index (χ2n) is 4.46. The molecule has 0 aliphatic carbocycles. The molecule has 18 heavy (non-hydrogen) atoms. The van der Waals surface area contributed by atoms with E-state index in [0.29, 0.717) is 0 Å². The topological polar surface area (TPSA) is 19.4 Å². The molecule has 1 aromatic heterocycles. The molecule has 3 nitrogen and oxygen atoms in total. The van der Waals surface area contributed by atoms with Crippen LogP contribution >= 0.6 is 22.6 Å². The molecule has 1 aliphatic heterocycles. The second kappa shape index (κ2) is 6.72. The van der Waals surface area contributed by atoms with Gasteiger partial charge in [-0.25, -0.2) is 8.78 Å². The molecule has 2 rings (SSSR count). The Labute approximate surface area is 119 Å². The van der Waals surface area contributed by atoms with Crippen molar-refractivity contribution in [3.63, 3.8) is 0 Å². The fourth-order valence-electron chi connectivity index (χ4n) is 2.08. The van der Waals surface area contributed by atoms with Gasteiger partial charge in [-0.05, 0) is 34.2 Å². The first-order valence-electron chi connectivity index (χ1n) is 5.97. The van der Waals surface area contributed by atoms with Crippen LogP contribution in [0.5, 0.6) is 0 Å². The number of nitrogens with zero attached hydrogens (tertiary/aromatic N) is 3. The first kappa shape index (κ1) is 14.1. The number of hydrogen-bond acceptors (Lipinski definition) is 3. The van der Waals surface area contributed by atoms with Crippen LogP contribution in [0.3, 0.4) is 0 Å². The predicted octanol–water partition coefficient (Wildman–Crippen LogP) is 2.07. The van der Waals surface area contributed by atoms with Crippen LogP contribution in [0.25, 0.3) is 0 Å². The van der Waals surface area contributed by atoms with Crippen LogP contribution < -0.4 is 0 Å². The van der Waals surface area contributed by atoms with Crippen LogP contribution in [0, 0.1) is 3.70 Å². The average Bonchev–Trinajstić information content (AvgIpc) is 2.34. The van der Waals surface area contributed by atoms with Gasteiger partial charge in [0.05, 0.1) is 6.54 Å². The molecule has 0 aromatic carbocycles. The molecule has 1 fully saturated rings. The van der Waals surface area contributed by atoms with E-state index in [1.165, 1.54) is 5.56 Å². The molecule has 0 bridgehead atoms. The third-order valence-electron chi connectivity index (χ3n) is 3.06. The van der Waals surface area contributed by atoms with Crippen molar-refractivity contribution in [2.45, 2.75) is 13.0 Å². The van der Waals surface area contributed by atoms with Crippen molar-refractivity contribution in [3.8, 4) is 0 Å². The lowest BCUT2D eigenvalue weighted by molar-refractivity contribution is 0.0543. The monoisotopic (exact) mass is 367 g/mol. The Hall–Kier alpha value is -0.340. The van der Waals surface area contributed by atoms with Gasteiger partial charge in [0.15, 0.2) is 0 Å². The van der Waals surface area contributed by atoms with Gasteiger partial charge in [-0.15, -0.1) is 0 Å². The maximum Gasteiger partial charge on any atom is 0.251 e. The summed E-state index contributed by atoms with van der Waals surface area (Å²) in [7, 11) is 0. The first-order chi connectivity index (χ1) is 8.63. The van der Waals surface area contributed by atoms with Gasteiger partial charge >= 0.3 is 0 Å². The summed E-state index contributed by atoms with van der Waals surface area (Å²) < 4.78 is 25.5. The summed E-state index contributed by atoms with van der Waals surface area (Å²) >= 11 is 2.18. The molecular weight excluding hydrogens is 351 g/mol. The highest BCUT2D eigenvalue weighted by Gasteiger charge is 2.19.